The van der Waals surface area contributed by atoms with Crippen molar-refractivity contribution in [2.24, 2.45) is 5.73 Å². The Labute approximate surface area is 74.0 Å². The zero-order valence-corrected chi connectivity index (χ0v) is 6.74. The third kappa shape index (κ3) is 1.81. The van der Waals surface area contributed by atoms with Gasteiger partial charge in [0, 0.05) is 0 Å². The molecule has 1 aliphatic rings. The smallest absolute Gasteiger partial charge is 0.252 e. The van der Waals surface area contributed by atoms with E-state index >= 15 is 0 Å². The Morgan fingerprint density at radius 1 is 1.23 bits per heavy atom. The van der Waals surface area contributed by atoms with Crippen LogP contribution in [0.5, 0.6) is 0 Å². The van der Waals surface area contributed by atoms with Gasteiger partial charge in [-0.05, 0) is 0 Å². The van der Waals surface area contributed by atoms with Gasteiger partial charge >= 0.3 is 0 Å². The summed E-state index contributed by atoms with van der Waals surface area (Å²) in [5.41, 5.74) is 5.04. The Morgan fingerprint density at radius 3 is 2.23 bits per heavy atom. The van der Waals surface area contributed by atoms with Gasteiger partial charge in [0.1, 0.15) is 18.3 Å². The normalized spacial score (nSPS) is 52.2. The molecule has 1 aliphatic heterocycles. The van der Waals surface area contributed by atoms with Crippen molar-refractivity contribution in [3.05, 3.63) is 0 Å². The van der Waals surface area contributed by atoms with Gasteiger partial charge in [0.05, 0.1) is 6.61 Å². The molecule has 0 bridgehead atoms. The van der Waals surface area contributed by atoms with Crippen molar-refractivity contribution in [3.8, 4) is 0 Å². The molecule has 1 unspecified atom stereocenters. The van der Waals surface area contributed by atoms with Gasteiger partial charge in [-0.1, -0.05) is 0 Å². The first-order chi connectivity index (χ1) is 5.90. The van der Waals surface area contributed by atoms with Crippen molar-refractivity contribution >= 4 is 0 Å². The molecule has 5 atom stereocenters. The lowest BCUT2D eigenvalue weighted by Gasteiger charge is -2.42. The summed E-state index contributed by atoms with van der Waals surface area (Å²) >= 11 is 0. The highest BCUT2D eigenvalue weighted by Crippen LogP contribution is 2.23. The van der Waals surface area contributed by atoms with Crippen molar-refractivity contribution in [3.63, 3.8) is 0 Å². The standard InChI is InChI=1S/C6H13NO6/c7-6(12)5(11)4(10)3(9)2(1-8)13-6/h2-5,8-12H,1,7H2/t2-,3-,4+,5-,6?/m1/s1. The molecule has 1 heterocycles. The predicted octanol–water partition coefficient (Wildman–Crippen LogP) is -3.94. The summed E-state index contributed by atoms with van der Waals surface area (Å²) in [6.45, 7) is -0.621. The van der Waals surface area contributed by atoms with Crippen LogP contribution in [0.25, 0.3) is 0 Å². The first-order valence-corrected chi connectivity index (χ1v) is 3.74. The molecule has 7 heteroatoms. The Balaban J connectivity index is 2.79. The number of ether oxygens (including phenoxy) is 1. The first kappa shape index (κ1) is 10.8. The molecule has 0 saturated carbocycles. The van der Waals surface area contributed by atoms with E-state index in [1.165, 1.54) is 0 Å². The minimum Gasteiger partial charge on any atom is -0.394 e. The summed E-state index contributed by atoms with van der Waals surface area (Å²) in [5.74, 6) is -2.45. The van der Waals surface area contributed by atoms with Crippen LogP contribution in [0.15, 0.2) is 0 Å². The van der Waals surface area contributed by atoms with E-state index in [4.69, 9.17) is 26.2 Å². The second-order valence-corrected chi connectivity index (χ2v) is 3.02. The summed E-state index contributed by atoms with van der Waals surface area (Å²) in [6, 6.07) is 0. The Hall–Kier alpha value is -0.280. The van der Waals surface area contributed by atoms with Crippen LogP contribution in [-0.4, -0.2) is 62.5 Å². The van der Waals surface area contributed by atoms with Crippen molar-refractivity contribution in [2.45, 2.75) is 30.3 Å². The molecule has 0 aromatic carbocycles. The van der Waals surface area contributed by atoms with Gasteiger partial charge in [-0.15, -0.1) is 0 Å². The summed E-state index contributed by atoms with van der Waals surface area (Å²) in [4.78, 5) is 0. The maximum atomic E-state index is 9.18. The molecule has 0 amide bonds. The van der Waals surface area contributed by atoms with Gasteiger partial charge < -0.3 is 30.3 Å². The summed E-state index contributed by atoms with van der Waals surface area (Å²) in [6.07, 6.45) is -6.16. The molecule has 0 aliphatic carbocycles. The lowest BCUT2D eigenvalue weighted by atomic mass is 9.97. The summed E-state index contributed by atoms with van der Waals surface area (Å²) < 4.78 is 4.54. The van der Waals surface area contributed by atoms with Crippen LogP contribution in [0.3, 0.4) is 0 Å². The number of aliphatic hydroxyl groups excluding tert-OH is 4. The molecule has 1 fully saturated rings. The molecule has 7 N–H and O–H groups in total. The SMILES string of the molecule is NC1(O)O[C@H](CO)[C@@H](O)[C@H](O)[C@H]1O. The van der Waals surface area contributed by atoms with Crippen molar-refractivity contribution in [2.75, 3.05) is 6.61 Å². The van der Waals surface area contributed by atoms with Gasteiger partial charge in [-0.2, -0.15) is 0 Å². The zero-order chi connectivity index (χ0) is 10.2. The molecule has 1 saturated heterocycles. The third-order valence-corrected chi connectivity index (χ3v) is 2.00. The van der Waals surface area contributed by atoms with Crippen LogP contribution in [0.1, 0.15) is 0 Å². The molecule has 0 aromatic rings. The van der Waals surface area contributed by atoms with Crippen LogP contribution in [0.4, 0.5) is 0 Å². The highest BCUT2D eigenvalue weighted by atomic mass is 16.7. The zero-order valence-electron chi connectivity index (χ0n) is 6.74. The van der Waals surface area contributed by atoms with Crippen molar-refractivity contribution < 1.29 is 30.3 Å². The van der Waals surface area contributed by atoms with Crippen LogP contribution in [-0.2, 0) is 4.74 Å². The summed E-state index contributed by atoms with van der Waals surface area (Å²) in [5, 5.41) is 45.2. The lowest BCUT2D eigenvalue weighted by Crippen LogP contribution is -2.69. The minimum absolute atomic E-state index is 0.621. The van der Waals surface area contributed by atoms with E-state index in [0.29, 0.717) is 0 Å². The maximum Gasteiger partial charge on any atom is 0.252 e. The molecule has 0 aromatic heterocycles. The van der Waals surface area contributed by atoms with Gasteiger partial charge in [-0.3, -0.25) is 5.73 Å². The Morgan fingerprint density at radius 2 is 1.77 bits per heavy atom. The largest absolute Gasteiger partial charge is 0.394 e. The van der Waals surface area contributed by atoms with Crippen molar-refractivity contribution in [1.82, 2.24) is 0 Å². The summed E-state index contributed by atoms with van der Waals surface area (Å²) in [7, 11) is 0. The average Bonchev–Trinajstić information content (AvgIpc) is 2.08. The fourth-order valence-corrected chi connectivity index (χ4v) is 1.18. The van der Waals surface area contributed by atoms with E-state index in [1.54, 1.807) is 0 Å². The van der Waals surface area contributed by atoms with E-state index < -0.39 is 36.9 Å². The molecular weight excluding hydrogens is 182 g/mol. The van der Waals surface area contributed by atoms with Crippen molar-refractivity contribution in [1.29, 1.82) is 0 Å². The monoisotopic (exact) mass is 195 g/mol. The van der Waals surface area contributed by atoms with Crippen LogP contribution in [0, 0.1) is 0 Å². The van der Waals surface area contributed by atoms with Crippen LogP contribution < -0.4 is 5.73 Å². The molecule has 0 spiro atoms. The number of nitrogens with two attached hydrogens (primary N) is 1. The quantitative estimate of drug-likeness (QED) is 0.235. The number of rotatable bonds is 1. The number of aliphatic hydroxyl groups is 5. The molecule has 78 valence electrons. The number of hydrogen-bond donors (Lipinski definition) is 6. The molecule has 1 rings (SSSR count). The number of hydrogen-bond acceptors (Lipinski definition) is 7. The van der Waals surface area contributed by atoms with Gasteiger partial charge in [0.2, 0.25) is 0 Å². The van der Waals surface area contributed by atoms with E-state index in [0.717, 1.165) is 0 Å². The fourth-order valence-electron chi connectivity index (χ4n) is 1.18. The minimum atomic E-state index is -2.45. The Kier molecular flexibility index (Phi) is 2.88. The first-order valence-electron chi connectivity index (χ1n) is 3.74. The third-order valence-electron chi connectivity index (χ3n) is 2.00. The fraction of sp³-hybridized carbons (Fsp3) is 1.00. The molecular formula is C6H13NO6. The van der Waals surface area contributed by atoms with Gasteiger partial charge in [0.15, 0.2) is 6.10 Å². The van der Waals surface area contributed by atoms with E-state index in [-0.39, 0.29) is 0 Å². The van der Waals surface area contributed by atoms with E-state index in [2.05, 4.69) is 4.74 Å². The Bertz CT molecular complexity index is 184. The molecule has 0 radical (unpaired) electrons. The van der Waals surface area contributed by atoms with Gasteiger partial charge in [-0.25, -0.2) is 0 Å². The predicted molar refractivity (Wildman–Crippen MR) is 39.1 cm³/mol. The highest BCUT2D eigenvalue weighted by molar-refractivity contribution is 4.92. The van der Waals surface area contributed by atoms with Gasteiger partial charge in [0.25, 0.3) is 5.91 Å². The lowest BCUT2D eigenvalue weighted by molar-refractivity contribution is -0.346. The molecule has 7 nitrogen and oxygen atoms in total. The second-order valence-electron chi connectivity index (χ2n) is 3.02. The average molecular weight is 195 g/mol. The van der Waals surface area contributed by atoms with Crippen LogP contribution in [0.2, 0.25) is 0 Å². The maximum absolute atomic E-state index is 9.18. The highest BCUT2D eigenvalue weighted by Gasteiger charge is 2.50. The topological polar surface area (TPSA) is 136 Å². The van der Waals surface area contributed by atoms with Crippen LogP contribution >= 0.6 is 0 Å². The molecule has 13 heavy (non-hydrogen) atoms. The van der Waals surface area contributed by atoms with E-state index in [9.17, 15) is 5.11 Å². The van der Waals surface area contributed by atoms with E-state index in [1.807, 2.05) is 0 Å². The second kappa shape index (κ2) is 3.46.